The van der Waals surface area contributed by atoms with Crippen LogP contribution in [0.3, 0.4) is 0 Å². The topological polar surface area (TPSA) is 20.3 Å². The normalized spacial score (nSPS) is 24.0. The molecule has 4 heteroatoms. The number of halogens is 2. The van der Waals surface area contributed by atoms with Crippen LogP contribution in [0.25, 0.3) is 0 Å². The van der Waals surface area contributed by atoms with Gasteiger partial charge in [-0.15, -0.1) is 23.2 Å². The van der Waals surface area contributed by atoms with Crippen molar-refractivity contribution in [1.82, 2.24) is 0 Å². The van der Waals surface area contributed by atoms with Crippen molar-refractivity contribution in [3.63, 3.8) is 0 Å². The molecule has 3 atom stereocenters. The molecule has 1 amide bonds. The number of nitrogens with zero attached hydrogens (tertiary/aromatic N) is 1. The minimum absolute atomic E-state index is 0.0487. The van der Waals surface area contributed by atoms with Crippen molar-refractivity contribution in [3.8, 4) is 0 Å². The van der Waals surface area contributed by atoms with Gasteiger partial charge in [0.15, 0.2) is 0 Å². The Morgan fingerprint density at radius 3 is 2.45 bits per heavy atom. The molecule has 114 valence electrons. The molecule has 2 aromatic carbocycles. The highest BCUT2D eigenvalue weighted by Crippen LogP contribution is 2.44. The van der Waals surface area contributed by atoms with Crippen LogP contribution in [0, 0.1) is 6.92 Å². The maximum atomic E-state index is 12.9. The Bertz CT molecular complexity index is 701. The molecule has 3 rings (SSSR count). The van der Waals surface area contributed by atoms with E-state index in [0.717, 1.165) is 16.8 Å². The number of hydrogen-bond donors (Lipinski definition) is 0. The summed E-state index contributed by atoms with van der Waals surface area (Å²) < 4.78 is 0. The van der Waals surface area contributed by atoms with Crippen molar-refractivity contribution in [1.29, 1.82) is 0 Å². The van der Waals surface area contributed by atoms with Gasteiger partial charge in [-0.1, -0.05) is 35.9 Å². The predicted molar refractivity (Wildman–Crippen MR) is 92.1 cm³/mol. The molecule has 0 fully saturated rings. The van der Waals surface area contributed by atoms with E-state index in [9.17, 15) is 4.79 Å². The van der Waals surface area contributed by atoms with Crippen LogP contribution in [0.5, 0.6) is 0 Å². The lowest BCUT2D eigenvalue weighted by Crippen LogP contribution is -2.48. The fraction of sp³-hybridized carbons (Fsp3) is 0.278. The van der Waals surface area contributed by atoms with Gasteiger partial charge in [0.1, 0.15) is 0 Å². The average Bonchev–Trinajstić information content (AvgIpc) is 2.54. The molecule has 0 N–H and O–H groups in total. The van der Waals surface area contributed by atoms with Gasteiger partial charge in [-0.3, -0.25) is 4.79 Å². The average molecular weight is 334 g/mol. The lowest BCUT2D eigenvalue weighted by atomic mass is 9.93. The van der Waals surface area contributed by atoms with Gasteiger partial charge >= 0.3 is 0 Å². The molecule has 0 saturated heterocycles. The molecular formula is C18H17Cl2NO. The molecule has 0 spiro atoms. The first-order valence-electron chi connectivity index (χ1n) is 7.28. The molecule has 0 bridgehead atoms. The Hall–Kier alpha value is -1.51. The van der Waals surface area contributed by atoms with Crippen LogP contribution in [0.4, 0.5) is 5.69 Å². The van der Waals surface area contributed by atoms with Gasteiger partial charge < -0.3 is 4.90 Å². The van der Waals surface area contributed by atoms with Gasteiger partial charge in [0.2, 0.25) is 0 Å². The molecule has 0 aromatic heterocycles. The van der Waals surface area contributed by atoms with E-state index in [1.165, 1.54) is 0 Å². The van der Waals surface area contributed by atoms with Gasteiger partial charge in [0, 0.05) is 11.3 Å². The summed E-state index contributed by atoms with van der Waals surface area (Å²) in [5, 5.41) is -0.630. The van der Waals surface area contributed by atoms with Crippen molar-refractivity contribution < 1.29 is 4.79 Å². The molecule has 1 aliphatic heterocycles. The summed E-state index contributed by atoms with van der Waals surface area (Å²) >= 11 is 13.0. The zero-order valence-electron chi connectivity index (χ0n) is 12.5. The van der Waals surface area contributed by atoms with Crippen LogP contribution >= 0.6 is 23.2 Å². The van der Waals surface area contributed by atoms with Gasteiger partial charge in [-0.25, -0.2) is 0 Å². The Labute approximate surface area is 140 Å². The Morgan fingerprint density at radius 1 is 1.09 bits per heavy atom. The molecule has 0 unspecified atom stereocenters. The summed E-state index contributed by atoms with van der Waals surface area (Å²) in [5.74, 6) is -0.0487. The number of benzene rings is 2. The van der Waals surface area contributed by atoms with Crippen molar-refractivity contribution in [2.75, 3.05) is 4.90 Å². The number of carbonyl (C=O) groups excluding carboxylic acids is 1. The number of alkyl halides is 2. The van der Waals surface area contributed by atoms with Crippen molar-refractivity contribution in [3.05, 3.63) is 65.2 Å². The molecule has 1 heterocycles. The third-order valence-corrected chi connectivity index (χ3v) is 5.38. The van der Waals surface area contributed by atoms with Crippen LogP contribution in [0.2, 0.25) is 0 Å². The molecule has 0 saturated carbocycles. The Kier molecular flexibility index (Phi) is 4.16. The van der Waals surface area contributed by atoms with Gasteiger partial charge in [0.25, 0.3) is 5.91 Å². The number of fused-ring (bicyclic) bond motifs is 1. The fourth-order valence-electron chi connectivity index (χ4n) is 2.91. The second kappa shape index (κ2) is 5.94. The SMILES string of the molecule is Cc1ccc2c(c1)[C@@H](Cl)[C@H](Cl)[C@H](C)N2C(=O)c1ccccc1. The molecular weight excluding hydrogens is 317 g/mol. The largest absolute Gasteiger partial charge is 0.304 e. The summed E-state index contributed by atoms with van der Waals surface area (Å²) in [7, 11) is 0. The van der Waals surface area contributed by atoms with Gasteiger partial charge in [-0.2, -0.15) is 0 Å². The number of amides is 1. The second-order valence-electron chi connectivity index (χ2n) is 5.69. The van der Waals surface area contributed by atoms with Crippen LogP contribution in [0.15, 0.2) is 48.5 Å². The quantitative estimate of drug-likeness (QED) is 0.677. The van der Waals surface area contributed by atoms with E-state index in [0.29, 0.717) is 5.56 Å². The third-order valence-electron chi connectivity index (χ3n) is 4.13. The monoisotopic (exact) mass is 333 g/mol. The number of rotatable bonds is 1. The number of anilines is 1. The minimum atomic E-state index is -0.330. The molecule has 22 heavy (non-hydrogen) atoms. The highest BCUT2D eigenvalue weighted by molar-refractivity contribution is 6.32. The zero-order chi connectivity index (χ0) is 15.9. The first-order chi connectivity index (χ1) is 10.5. The molecule has 0 aliphatic carbocycles. The third kappa shape index (κ3) is 2.51. The first-order valence-corrected chi connectivity index (χ1v) is 8.15. The summed E-state index contributed by atoms with van der Waals surface area (Å²) in [6.45, 7) is 3.95. The molecule has 2 nitrogen and oxygen atoms in total. The van der Waals surface area contributed by atoms with Crippen molar-refractivity contribution >= 4 is 34.8 Å². The highest BCUT2D eigenvalue weighted by atomic mass is 35.5. The molecule has 1 aliphatic rings. The van der Waals surface area contributed by atoms with E-state index in [2.05, 4.69) is 0 Å². The highest BCUT2D eigenvalue weighted by Gasteiger charge is 2.39. The summed E-state index contributed by atoms with van der Waals surface area (Å²) in [5.41, 5.74) is 3.53. The van der Waals surface area contributed by atoms with E-state index in [1.54, 1.807) is 4.90 Å². The standard InChI is InChI=1S/C18H17Cl2NO/c1-11-8-9-15-14(10-11)17(20)16(19)12(2)21(15)18(22)13-6-4-3-5-7-13/h3-10,12,16-17H,1-2H3/t12-,16+,17+/m0/s1. The molecule has 0 radical (unpaired) electrons. The Morgan fingerprint density at radius 2 is 1.77 bits per heavy atom. The van der Waals surface area contributed by atoms with Crippen molar-refractivity contribution in [2.24, 2.45) is 0 Å². The minimum Gasteiger partial charge on any atom is -0.304 e. The number of aryl methyl sites for hydroxylation is 1. The fourth-order valence-corrected chi connectivity index (χ4v) is 3.54. The summed E-state index contributed by atoms with van der Waals surface area (Å²) in [6.07, 6.45) is 0. The molecule has 2 aromatic rings. The van der Waals surface area contributed by atoms with E-state index < -0.39 is 0 Å². The lowest BCUT2D eigenvalue weighted by molar-refractivity contribution is 0.0975. The van der Waals surface area contributed by atoms with Crippen LogP contribution in [-0.2, 0) is 0 Å². The first kappa shape index (κ1) is 15.4. The van der Waals surface area contributed by atoms with Crippen LogP contribution in [-0.4, -0.2) is 17.3 Å². The maximum absolute atomic E-state index is 12.9. The van der Waals surface area contributed by atoms with Crippen molar-refractivity contribution in [2.45, 2.75) is 30.6 Å². The lowest BCUT2D eigenvalue weighted by Gasteiger charge is -2.40. The summed E-state index contributed by atoms with van der Waals surface area (Å²) in [6, 6.07) is 15.0. The smallest absolute Gasteiger partial charge is 0.258 e. The van der Waals surface area contributed by atoms with Crippen LogP contribution < -0.4 is 4.90 Å². The van der Waals surface area contributed by atoms with Gasteiger partial charge in [-0.05, 0) is 37.6 Å². The number of carbonyl (C=O) groups is 1. The van der Waals surface area contributed by atoms with E-state index in [-0.39, 0.29) is 22.7 Å². The predicted octanol–water partition coefficient (Wildman–Crippen LogP) is 4.93. The van der Waals surface area contributed by atoms with E-state index >= 15 is 0 Å². The van der Waals surface area contributed by atoms with E-state index in [1.807, 2.05) is 62.4 Å². The number of hydrogen-bond acceptors (Lipinski definition) is 1. The van der Waals surface area contributed by atoms with Gasteiger partial charge in [0.05, 0.1) is 16.8 Å². The zero-order valence-corrected chi connectivity index (χ0v) is 14.0. The Balaban J connectivity index is 2.11. The van der Waals surface area contributed by atoms with Crippen LogP contribution in [0.1, 0.15) is 33.8 Å². The second-order valence-corrected chi connectivity index (χ2v) is 6.66. The van der Waals surface area contributed by atoms with E-state index in [4.69, 9.17) is 23.2 Å². The maximum Gasteiger partial charge on any atom is 0.258 e. The summed E-state index contributed by atoms with van der Waals surface area (Å²) in [4.78, 5) is 14.7.